The van der Waals surface area contributed by atoms with Crippen molar-refractivity contribution in [3.8, 4) is 0 Å². The summed E-state index contributed by atoms with van der Waals surface area (Å²) >= 11 is 0. The predicted octanol–water partition coefficient (Wildman–Crippen LogP) is 1.24. The normalized spacial score (nSPS) is 20.9. The minimum Gasteiger partial charge on any atom is -0.469 e. The van der Waals surface area contributed by atoms with Crippen molar-refractivity contribution < 1.29 is 9.21 Å². The highest BCUT2D eigenvalue weighted by Crippen LogP contribution is 2.14. The summed E-state index contributed by atoms with van der Waals surface area (Å²) in [4.78, 5) is 15.7. The summed E-state index contributed by atoms with van der Waals surface area (Å²) in [6.07, 6.45) is 2.32. The number of nitrogens with zero attached hydrogens (tertiary/aromatic N) is 1. The van der Waals surface area contributed by atoms with E-state index in [0.29, 0.717) is 5.84 Å². The molecule has 0 aromatic carbocycles. The minimum atomic E-state index is -0.237. The molecule has 74 valence electrons. The first-order valence-electron chi connectivity index (χ1n) is 4.65. The Labute approximate surface area is 82.0 Å². The van der Waals surface area contributed by atoms with Crippen molar-refractivity contribution in [3.05, 3.63) is 23.7 Å². The molecule has 0 saturated heterocycles. The minimum absolute atomic E-state index is 0.0249. The second kappa shape index (κ2) is 3.29. The van der Waals surface area contributed by atoms with Gasteiger partial charge in [-0.15, -0.1) is 0 Å². The molecule has 0 aliphatic carbocycles. The molecule has 2 heterocycles. The maximum Gasteiger partial charge on any atom is 0.250 e. The Morgan fingerprint density at radius 1 is 1.64 bits per heavy atom. The van der Waals surface area contributed by atoms with Crippen molar-refractivity contribution in [2.45, 2.75) is 26.3 Å². The number of carbonyl (C=O) groups excluding carboxylic acids is 1. The lowest BCUT2D eigenvalue weighted by Crippen LogP contribution is -2.28. The molecule has 1 unspecified atom stereocenters. The maximum atomic E-state index is 11.4. The van der Waals surface area contributed by atoms with Crippen molar-refractivity contribution in [2.24, 2.45) is 4.99 Å². The van der Waals surface area contributed by atoms with Crippen LogP contribution in [0.15, 0.2) is 21.7 Å². The fourth-order valence-electron chi connectivity index (χ4n) is 1.49. The molecule has 1 aliphatic rings. The van der Waals surface area contributed by atoms with Crippen LogP contribution in [0.4, 0.5) is 0 Å². The highest BCUT2D eigenvalue weighted by atomic mass is 16.3. The van der Waals surface area contributed by atoms with E-state index in [0.717, 1.165) is 17.7 Å². The molecule has 1 amide bonds. The number of hydrogen-bond acceptors (Lipinski definition) is 3. The van der Waals surface area contributed by atoms with Gasteiger partial charge in [0.05, 0.1) is 11.8 Å². The molecule has 0 bridgehead atoms. The lowest BCUT2D eigenvalue weighted by atomic mass is 10.2. The van der Waals surface area contributed by atoms with Crippen molar-refractivity contribution in [2.75, 3.05) is 0 Å². The number of amides is 1. The first-order valence-corrected chi connectivity index (χ1v) is 4.65. The molecule has 1 N–H and O–H groups in total. The molecule has 1 aromatic heterocycles. The Kier molecular flexibility index (Phi) is 2.11. The third-order valence-electron chi connectivity index (χ3n) is 2.33. The van der Waals surface area contributed by atoms with Gasteiger partial charge in [0.2, 0.25) is 5.91 Å². The van der Waals surface area contributed by atoms with E-state index in [1.807, 2.05) is 19.9 Å². The average molecular weight is 192 g/mol. The van der Waals surface area contributed by atoms with Gasteiger partial charge in [-0.05, 0) is 19.4 Å². The van der Waals surface area contributed by atoms with Gasteiger partial charge >= 0.3 is 0 Å². The van der Waals surface area contributed by atoms with Crippen molar-refractivity contribution in [1.29, 1.82) is 0 Å². The van der Waals surface area contributed by atoms with Crippen molar-refractivity contribution >= 4 is 11.7 Å². The lowest BCUT2D eigenvalue weighted by Gasteiger charge is -1.97. The molecule has 1 atom stereocenters. The Balaban J connectivity index is 2.30. The molecule has 0 radical (unpaired) electrons. The molecular formula is C10H12N2O2. The molecule has 4 nitrogen and oxygen atoms in total. The summed E-state index contributed by atoms with van der Waals surface area (Å²) in [6, 6.07) is 1.58. The number of nitrogens with one attached hydrogen (secondary N) is 1. The van der Waals surface area contributed by atoms with Gasteiger partial charge in [-0.1, -0.05) is 6.92 Å². The van der Waals surface area contributed by atoms with E-state index in [1.165, 1.54) is 0 Å². The number of furan rings is 1. The first kappa shape index (κ1) is 8.99. The molecule has 0 fully saturated rings. The number of hydrogen-bond donors (Lipinski definition) is 1. The van der Waals surface area contributed by atoms with Gasteiger partial charge in [-0.25, -0.2) is 0 Å². The zero-order valence-corrected chi connectivity index (χ0v) is 8.20. The van der Waals surface area contributed by atoms with Gasteiger partial charge < -0.3 is 9.73 Å². The number of carbonyl (C=O) groups is 1. The molecule has 4 heteroatoms. The lowest BCUT2D eigenvalue weighted by molar-refractivity contribution is -0.120. The smallest absolute Gasteiger partial charge is 0.250 e. The van der Waals surface area contributed by atoms with Crippen LogP contribution >= 0.6 is 0 Å². The number of aliphatic imine (C=N–C) groups is 1. The fraction of sp³-hybridized carbons (Fsp3) is 0.400. The molecule has 0 saturated carbocycles. The van der Waals surface area contributed by atoms with Crippen LogP contribution in [-0.4, -0.2) is 17.8 Å². The van der Waals surface area contributed by atoms with Crippen LogP contribution in [0.3, 0.4) is 0 Å². The van der Waals surface area contributed by atoms with Crippen LogP contribution in [0.2, 0.25) is 0 Å². The summed E-state index contributed by atoms with van der Waals surface area (Å²) in [6.45, 7) is 3.79. The quantitative estimate of drug-likeness (QED) is 0.766. The van der Waals surface area contributed by atoms with Crippen LogP contribution in [0.25, 0.3) is 0 Å². The Morgan fingerprint density at radius 3 is 2.93 bits per heavy atom. The van der Waals surface area contributed by atoms with Gasteiger partial charge in [0, 0.05) is 0 Å². The van der Waals surface area contributed by atoms with Crippen molar-refractivity contribution in [3.63, 3.8) is 0 Å². The number of amidine groups is 1. The zero-order chi connectivity index (χ0) is 10.1. The summed E-state index contributed by atoms with van der Waals surface area (Å²) in [5, 5.41) is 2.75. The molecule has 2 rings (SSSR count). The van der Waals surface area contributed by atoms with Gasteiger partial charge in [0.1, 0.15) is 17.6 Å². The fourth-order valence-corrected chi connectivity index (χ4v) is 1.49. The summed E-state index contributed by atoms with van der Waals surface area (Å²) in [5.74, 6) is 1.39. The van der Waals surface area contributed by atoms with E-state index < -0.39 is 0 Å². The molecule has 0 spiro atoms. The Bertz CT molecular complexity index is 393. The van der Waals surface area contributed by atoms with Crippen LogP contribution in [-0.2, 0) is 4.79 Å². The van der Waals surface area contributed by atoms with E-state index >= 15 is 0 Å². The zero-order valence-electron chi connectivity index (χ0n) is 8.20. The number of rotatable bonds is 2. The standard InChI is InChI=1S/C10H12N2O2/c1-3-8-10(13)12-9(11-8)7-4-5-14-6(7)2/h4-5,8H,3H2,1-2H3,(H,11,12,13). The summed E-state index contributed by atoms with van der Waals surface area (Å²) in [7, 11) is 0. The van der Waals surface area contributed by atoms with Gasteiger partial charge in [0.25, 0.3) is 0 Å². The van der Waals surface area contributed by atoms with E-state index in [1.54, 1.807) is 6.26 Å². The second-order valence-corrected chi connectivity index (χ2v) is 3.28. The predicted molar refractivity (Wildman–Crippen MR) is 52.2 cm³/mol. The van der Waals surface area contributed by atoms with Gasteiger partial charge in [-0.3, -0.25) is 9.79 Å². The largest absolute Gasteiger partial charge is 0.469 e. The van der Waals surface area contributed by atoms with Crippen molar-refractivity contribution in [1.82, 2.24) is 5.32 Å². The Hall–Kier alpha value is -1.58. The monoisotopic (exact) mass is 192 g/mol. The topological polar surface area (TPSA) is 54.6 Å². The molecule has 1 aliphatic heterocycles. The molecule has 14 heavy (non-hydrogen) atoms. The number of aryl methyl sites for hydroxylation is 1. The third kappa shape index (κ3) is 1.32. The summed E-state index contributed by atoms with van der Waals surface area (Å²) in [5.41, 5.74) is 0.870. The van der Waals surface area contributed by atoms with Crippen LogP contribution in [0.1, 0.15) is 24.7 Å². The van der Waals surface area contributed by atoms with Gasteiger partial charge in [-0.2, -0.15) is 0 Å². The molecular weight excluding hydrogens is 180 g/mol. The van der Waals surface area contributed by atoms with E-state index in [4.69, 9.17) is 4.42 Å². The maximum absolute atomic E-state index is 11.4. The van der Waals surface area contributed by atoms with E-state index in [2.05, 4.69) is 10.3 Å². The SMILES string of the molecule is CCC1N=C(c2ccoc2C)NC1=O. The third-order valence-corrected chi connectivity index (χ3v) is 2.33. The highest BCUT2D eigenvalue weighted by molar-refractivity contribution is 6.14. The average Bonchev–Trinajstić information content (AvgIpc) is 2.71. The first-order chi connectivity index (χ1) is 6.72. The molecule has 1 aromatic rings. The van der Waals surface area contributed by atoms with E-state index in [-0.39, 0.29) is 11.9 Å². The van der Waals surface area contributed by atoms with Crippen LogP contribution < -0.4 is 5.32 Å². The summed E-state index contributed by atoms with van der Waals surface area (Å²) < 4.78 is 5.15. The van der Waals surface area contributed by atoms with Gasteiger partial charge in [0.15, 0.2) is 0 Å². The highest BCUT2D eigenvalue weighted by Gasteiger charge is 2.26. The Morgan fingerprint density at radius 2 is 2.43 bits per heavy atom. The van der Waals surface area contributed by atoms with Crippen LogP contribution in [0, 0.1) is 6.92 Å². The second-order valence-electron chi connectivity index (χ2n) is 3.28. The van der Waals surface area contributed by atoms with E-state index in [9.17, 15) is 4.79 Å². The van der Waals surface area contributed by atoms with Crippen LogP contribution in [0.5, 0.6) is 0 Å².